The normalized spacial score (nSPS) is 15.9. The van der Waals surface area contributed by atoms with E-state index in [1.54, 1.807) is 7.11 Å². The maximum atomic E-state index is 13.6. The van der Waals surface area contributed by atoms with Gasteiger partial charge in [0.2, 0.25) is 5.91 Å². The maximum absolute atomic E-state index is 13.6. The Balaban J connectivity index is 1.84. The molecule has 1 fully saturated rings. The molecule has 0 unspecified atom stereocenters. The van der Waals surface area contributed by atoms with Crippen LogP contribution in [0, 0.1) is 0 Å². The molecule has 0 radical (unpaired) electrons. The monoisotopic (exact) mass is 478 g/mol. The number of carbonyl (C=O) groups is 2. The van der Waals surface area contributed by atoms with Crippen molar-refractivity contribution < 1.29 is 14.3 Å². The predicted molar refractivity (Wildman–Crippen MR) is 142 cm³/mol. The Hall–Kier alpha value is -2.82. The number of rotatable bonds is 6. The van der Waals surface area contributed by atoms with Gasteiger partial charge >= 0.3 is 0 Å². The van der Waals surface area contributed by atoms with Gasteiger partial charge in [0.1, 0.15) is 11.3 Å². The van der Waals surface area contributed by atoms with Crippen molar-refractivity contribution in [2.24, 2.45) is 0 Å². The Labute approximate surface area is 211 Å². The molecule has 2 aromatic carbocycles. The van der Waals surface area contributed by atoms with Crippen LogP contribution in [-0.4, -0.2) is 24.5 Å². The number of benzene rings is 2. The smallest absolute Gasteiger partial charge is 0.252 e. The summed E-state index contributed by atoms with van der Waals surface area (Å²) >= 11 is 0. The first-order chi connectivity index (χ1) is 16.3. The molecule has 0 saturated heterocycles. The van der Waals surface area contributed by atoms with Crippen LogP contribution in [0.5, 0.6) is 5.75 Å². The van der Waals surface area contributed by atoms with Crippen molar-refractivity contribution in [1.29, 1.82) is 0 Å². The van der Waals surface area contributed by atoms with Crippen LogP contribution < -0.4 is 15.4 Å². The number of ether oxygens (including phenoxy) is 1. The molecule has 5 nitrogen and oxygen atoms in total. The minimum absolute atomic E-state index is 0.0887. The summed E-state index contributed by atoms with van der Waals surface area (Å²) in [4.78, 5) is 27.1. The number of hydrogen-bond donors (Lipinski definition) is 2. The second-order valence-electron chi connectivity index (χ2n) is 11.9. The van der Waals surface area contributed by atoms with Crippen LogP contribution in [0.4, 0.5) is 0 Å². The van der Waals surface area contributed by atoms with Crippen LogP contribution in [0.2, 0.25) is 0 Å². The largest absolute Gasteiger partial charge is 0.497 e. The maximum Gasteiger partial charge on any atom is 0.252 e. The van der Waals surface area contributed by atoms with Gasteiger partial charge in [0.15, 0.2) is 0 Å². The average molecular weight is 479 g/mol. The van der Waals surface area contributed by atoms with Gasteiger partial charge in [0.05, 0.1) is 7.11 Å². The summed E-state index contributed by atoms with van der Waals surface area (Å²) in [6.45, 7) is 13.4. The van der Waals surface area contributed by atoms with Crippen molar-refractivity contribution in [3.05, 3.63) is 64.7 Å². The highest BCUT2D eigenvalue weighted by atomic mass is 16.5. The molecule has 0 aliphatic heterocycles. The number of nitrogens with one attached hydrogen (secondary N) is 2. The third kappa shape index (κ3) is 6.65. The molecule has 35 heavy (non-hydrogen) atoms. The topological polar surface area (TPSA) is 67.4 Å². The molecule has 2 aromatic rings. The fourth-order valence-corrected chi connectivity index (χ4v) is 4.57. The lowest BCUT2D eigenvalue weighted by atomic mass is 9.78. The molecule has 5 heteroatoms. The molecular weight excluding hydrogens is 436 g/mol. The van der Waals surface area contributed by atoms with Gasteiger partial charge in [-0.15, -0.1) is 0 Å². The van der Waals surface area contributed by atoms with Crippen molar-refractivity contribution in [3.8, 4) is 5.75 Å². The molecule has 3 rings (SSSR count). The molecule has 1 aliphatic carbocycles. The lowest BCUT2D eigenvalue weighted by Crippen LogP contribution is -2.59. The number of amides is 2. The van der Waals surface area contributed by atoms with Gasteiger partial charge in [-0.25, -0.2) is 0 Å². The van der Waals surface area contributed by atoms with Gasteiger partial charge in [-0.1, -0.05) is 79.0 Å². The zero-order valence-corrected chi connectivity index (χ0v) is 22.5. The SMILES string of the molecule is COc1ccc(CNC(=O)C2(NC(=O)c3cc(C(C)(C)C)cc(C(C)(C)C)c3)CCCCC2)cc1. The van der Waals surface area contributed by atoms with E-state index in [4.69, 9.17) is 4.74 Å². The van der Waals surface area contributed by atoms with E-state index < -0.39 is 5.54 Å². The molecule has 0 bridgehead atoms. The van der Waals surface area contributed by atoms with Crippen LogP contribution in [0.3, 0.4) is 0 Å². The lowest BCUT2D eigenvalue weighted by molar-refractivity contribution is -0.128. The molecule has 190 valence electrons. The van der Waals surface area contributed by atoms with Crippen molar-refractivity contribution in [1.82, 2.24) is 10.6 Å². The van der Waals surface area contributed by atoms with Crippen molar-refractivity contribution >= 4 is 11.8 Å². The first-order valence-electron chi connectivity index (χ1n) is 12.7. The number of hydrogen-bond acceptors (Lipinski definition) is 3. The summed E-state index contributed by atoms with van der Waals surface area (Å²) in [7, 11) is 1.63. The van der Waals surface area contributed by atoms with Gasteiger partial charge in [0.25, 0.3) is 5.91 Å². The first-order valence-corrected chi connectivity index (χ1v) is 12.7. The Kier molecular flexibility index (Phi) is 7.98. The van der Waals surface area contributed by atoms with Gasteiger partial charge in [-0.2, -0.15) is 0 Å². The molecule has 2 N–H and O–H groups in total. The van der Waals surface area contributed by atoms with Crippen LogP contribution in [0.25, 0.3) is 0 Å². The minimum Gasteiger partial charge on any atom is -0.497 e. The Morgan fingerprint density at radius 2 is 1.40 bits per heavy atom. The van der Waals surface area contributed by atoms with E-state index in [9.17, 15) is 9.59 Å². The molecule has 0 heterocycles. The van der Waals surface area contributed by atoms with Crippen LogP contribution in [0.1, 0.15) is 101 Å². The van der Waals surface area contributed by atoms with Crippen molar-refractivity contribution in [3.63, 3.8) is 0 Å². The predicted octanol–water partition coefficient (Wildman–Crippen LogP) is 6.04. The highest BCUT2D eigenvalue weighted by Gasteiger charge is 2.41. The summed E-state index contributed by atoms with van der Waals surface area (Å²) in [5.41, 5.74) is 2.79. The molecule has 1 saturated carbocycles. The highest BCUT2D eigenvalue weighted by Crippen LogP contribution is 2.32. The standard InChI is InChI=1S/C30H42N2O3/c1-28(2,3)23-17-22(18-24(19-23)29(4,5)6)26(33)32-30(15-9-8-10-16-30)27(34)31-20-21-11-13-25(35-7)14-12-21/h11-14,17-19H,8-10,15-16,20H2,1-7H3,(H,31,34)(H,32,33). The molecule has 0 spiro atoms. The number of carbonyl (C=O) groups excluding carboxylic acids is 2. The van der Waals surface area contributed by atoms with Gasteiger partial charge in [-0.05, 0) is 64.6 Å². The molecule has 2 amide bonds. The van der Waals surface area contributed by atoms with Gasteiger partial charge in [-0.3, -0.25) is 9.59 Å². The van der Waals surface area contributed by atoms with E-state index in [1.165, 1.54) is 0 Å². The van der Waals surface area contributed by atoms with E-state index in [1.807, 2.05) is 36.4 Å². The highest BCUT2D eigenvalue weighted by molar-refractivity contribution is 5.99. The second-order valence-corrected chi connectivity index (χ2v) is 11.9. The Morgan fingerprint density at radius 1 is 0.857 bits per heavy atom. The molecule has 0 aromatic heterocycles. The Bertz CT molecular complexity index is 1000. The summed E-state index contributed by atoms with van der Waals surface area (Å²) < 4.78 is 5.22. The van der Waals surface area contributed by atoms with Crippen LogP contribution in [-0.2, 0) is 22.2 Å². The fraction of sp³-hybridized carbons (Fsp3) is 0.533. The zero-order valence-electron chi connectivity index (χ0n) is 22.5. The van der Waals surface area contributed by atoms with Gasteiger partial charge < -0.3 is 15.4 Å². The zero-order chi connectivity index (χ0) is 25.9. The molecule has 1 aliphatic rings. The van der Waals surface area contributed by atoms with E-state index >= 15 is 0 Å². The lowest BCUT2D eigenvalue weighted by Gasteiger charge is -2.37. The summed E-state index contributed by atoms with van der Waals surface area (Å²) in [5, 5.41) is 6.27. The molecule has 0 atom stereocenters. The first kappa shape index (κ1) is 26.8. The average Bonchev–Trinajstić information content (AvgIpc) is 2.82. The summed E-state index contributed by atoms with van der Waals surface area (Å²) in [6.07, 6.45) is 4.23. The van der Waals surface area contributed by atoms with E-state index in [0.717, 1.165) is 41.7 Å². The molecular formula is C30H42N2O3. The fourth-order valence-electron chi connectivity index (χ4n) is 4.57. The van der Waals surface area contributed by atoms with Crippen molar-refractivity contribution in [2.45, 2.75) is 96.6 Å². The third-order valence-corrected chi connectivity index (χ3v) is 7.03. The van der Waals surface area contributed by atoms with Gasteiger partial charge in [0, 0.05) is 12.1 Å². The number of methoxy groups -OCH3 is 1. The summed E-state index contributed by atoms with van der Waals surface area (Å²) in [5.74, 6) is 0.496. The quantitative estimate of drug-likeness (QED) is 0.532. The third-order valence-electron chi connectivity index (χ3n) is 7.03. The minimum atomic E-state index is -0.887. The van der Waals surface area contributed by atoms with Crippen LogP contribution >= 0.6 is 0 Å². The van der Waals surface area contributed by atoms with Crippen LogP contribution in [0.15, 0.2) is 42.5 Å². The summed E-state index contributed by atoms with van der Waals surface area (Å²) in [6, 6.07) is 13.8. The van der Waals surface area contributed by atoms with Crippen molar-refractivity contribution in [2.75, 3.05) is 7.11 Å². The van der Waals surface area contributed by atoms with E-state index in [0.29, 0.717) is 24.9 Å². The van der Waals surface area contributed by atoms with E-state index in [-0.39, 0.29) is 22.6 Å². The van der Waals surface area contributed by atoms with E-state index in [2.05, 4.69) is 58.2 Å². The Morgan fingerprint density at radius 3 is 1.89 bits per heavy atom. The second kappa shape index (κ2) is 10.4.